The molecule has 2 atom stereocenters. The number of hydrogen-bond acceptors (Lipinski definition) is 3. The summed E-state index contributed by atoms with van der Waals surface area (Å²) in [4.78, 5) is 0. The lowest BCUT2D eigenvalue weighted by Crippen LogP contribution is -2.24. The van der Waals surface area contributed by atoms with Crippen molar-refractivity contribution >= 4 is 11.8 Å². The first kappa shape index (κ1) is 14.7. The van der Waals surface area contributed by atoms with E-state index in [1.54, 1.807) is 0 Å². The Morgan fingerprint density at radius 1 is 1.37 bits per heavy atom. The van der Waals surface area contributed by atoms with Gasteiger partial charge in [0.25, 0.3) is 0 Å². The maximum atomic E-state index is 5.84. The third kappa shape index (κ3) is 3.67. The summed E-state index contributed by atoms with van der Waals surface area (Å²) in [5.74, 6) is 2.25. The van der Waals surface area contributed by atoms with Gasteiger partial charge in [0.1, 0.15) is 5.75 Å². The second kappa shape index (κ2) is 7.20. The molecule has 0 amide bonds. The number of ether oxygens (including phenoxy) is 1. The Bertz CT molecular complexity index is 408. The summed E-state index contributed by atoms with van der Waals surface area (Å²) in [6.07, 6.45) is 2.29. The van der Waals surface area contributed by atoms with E-state index >= 15 is 0 Å². The number of fused-ring (bicyclic) bond motifs is 1. The van der Waals surface area contributed by atoms with Crippen molar-refractivity contribution in [3.8, 4) is 5.75 Å². The van der Waals surface area contributed by atoms with E-state index in [4.69, 9.17) is 4.74 Å². The zero-order valence-electron chi connectivity index (χ0n) is 12.2. The minimum absolute atomic E-state index is 0.400. The molecule has 0 radical (unpaired) electrons. The van der Waals surface area contributed by atoms with E-state index in [-0.39, 0.29) is 0 Å². The van der Waals surface area contributed by atoms with Gasteiger partial charge in [-0.1, -0.05) is 39.0 Å². The Kier molecular flexibility index (Phi) is 5.59. The van der Waals surface area contributed by atoms with E-state index in [2.05, 4.69) is 44.3 Å². The Morgan fingerprint density at radius 2 is 2.21 bits per heavy atom. The summed E-state index contributed by atoms with van der Waals surface area (Å²) < 4.78 is 5.84. The van der Waals surface area contributed by atoms with Crippen LogP contribution in [-0.4, -0.2) is 24.2 Å². The van der Waals surface area contributed by atoms with Crippen LogP contribution in [0.1, 0.15) is 44.4 Å². The summed E-state index contributed by atoms with van der Waals surface area (Å²) >= 11 is 2.05. The fourth-order valence-corrected chi connectivity index (χ4v) is 3.45. The van der Waals surface area contributed by atoms with Gasteiger partial charge in [-0.3, -0.25) is 0 Å². The molecule has 0 saturated heterocycles. The molecule has 1 aromatic carbocycles. The maximum Gasteiger partial charge on any atom is 0.127 e. The standard InChI is InChI=1S/C16H25NOS/c1-4-12(3)19-11-15(17-5-2)14-8-6-7-13-9-10-18-16(13)14/h6-8,12,15,17H,4-5,9-11H2,1-3H3. The zero-order valence-corrected chi connectivity index (χ0v) is 13.1. The van der Waals surface area contributed by atoms with Crippen molar-refractivity contribution in [1.29, 1.82) is 0 Å². The van der Waals surface area contributed by atoms with Gasteiger partial charge in [0.05, 0.1) is 6.61 Å². The van der Waals surface area contributed by atoms with Crippen molar-refractivity contribution in [2.24, 2.45) is 0 Å². The highest BCUT2D eigenvalue weighted by molar-refractivity contribution is 7.99. The van der Waals surface area contributed by atoms with E-state index in [9.17, 15) is 0 Å². The van der Waals surface area contributed by atoms with Gasteiger partial charge in [0.2, 0.25) is 0 Å². The number of rotatable bonds is 7. The number of hydrogen-bond donors (Lipinski definition) is 1. The first-order valence-corrected chi connectivity index (χ1v) is 8.40. The first-order valence-electron chi connectivity index (χ1n) is 7.35. The fraction of sp³-hybridized carbons (Fsp3) is 0.625. The van der Waals surface area contributed by atoms with Crippen molar-refractivity contribution < 1.29 is 4.74 Å². The van der Waals surface area contributed by atoms with Gasteiger partial charge < -0.3 is 10.1 Å². The molecule has 2 unspecified atom stereocenters. The summed E-state index contributed by atoms with van der Waals surface area (Å²) in [5.41, 5.74) is 2.71. The van der Waals surface area contributed by atoms with Gasteiger partial charge in [0.15, 0.2) is 0 Å². The topological polar surface area (TPSA) is 21.3 Å². The van der Waals surface area contributed by atoms with E-state index < -0.39 is 0 Å². The normalized spacial score (nSPS) is 16.8. The van der Waals surface area contributed by atoms with Crippen LogP contribution in [0.3, 0.4) is 0 Å². The highest BCUT2D eigenvalue weighted by Crippen LogP contribution is 2.35. The molecule has 106 valence electrons. The van der Waals surface area contributed by atoms with Crippen molar-refractivity contribution in [2.75, 3.05) is 18.9 Å². The molecule has 1 aliphatic rings. The predicted octanol–water partition coefficient (Wildman–Crippen LogP) is 3.80. The van der Waals surface area contributed by atoms with Crippen molar-refractivity contribution in [3.63, 3.8) is 0 Å². The molecule has 1 N–H and O–H groups in total. The minimum atomic E-state index is 0.400. The molecular weight excluding hydrogens is 254 g/mol. The van der Waals surface area contributed by atoms with E-state index in [1.807, 2.05) is 11.8 Å². The van der Waals surface area contributed by atoms with Gasteiger partial charge in [0, 0.05) is 29.0 Å². The Balaban J connectivity index is 2.12. The molecule has 2 rings (SSSR count). The second-order valence-electron chi connectivity index (χ2n) is 5.10. The summed E-state index contributed by atoms with van der Waals surface area (Å²) in [6, 6.07) is 6.98. The molecular formula is C16H25NOS. The molecule has 19 heavy (non-hydrogen) atoms. The minimum Gasteiger partial charge on any atom is -0.493 e. The summed E-state index contributed by atoms with van der Waals surface area (Å²) in [7, 11) is 0. The average molecular weight is 279 g/mol. The average Bonchev–Trinajstić information content (AvgIpc) is 2.91. The molecule has 0 saturated carbocycles. The molecule has 3 heteroatoms. The van der Waals surface area contributed by atoms with Crippen LogP contribution in [0.4, 0.5) is 0 Å². The van der Waals surface area contributed by atoms with Crippen molar-refractivity contribution in [2.45, 2.75) is 44.9 Å². The van der Waals surface area contributed by atoms with Gasteiger partial charge in [-0.05, 0) is 18.5 Å². The lowest BCUT2D eigenvalue weighted by molar-refractivity contribution is 0.350. The highest BCUT2D eigenvalue weighted by Gasteiger charge is 2.22. The zero-order chi connectivity index (χ0) is 13.7. The van der Waals surface area contributed by atoms with Crippen LogP contribution >= 0.6 is 11.8 Å². The van der Waals surface area contributed by atoms with Crippen molar-refractivity contribution in [1.82, 2.24) is 5.32 Å². The molecule has 0 spiro atoms. The lowest BCUT2D eigenvalue weighted by atomic mass is 10.0. The third-order valence-electron chi connectivity index (χ3n) is 3.69. The number of benzene rings is 1. The number of thioether (sulfide) groups is 1. The van der Waals surface area contributed by atoms with E-state index in [0.29, 0.717) is 6.04 Å². The van der Waals surface area contributed by atoms with Crippen LogP contribution in [0.15, 0.2) is 18.2 Å². The van der Waals surface area contributed by atoms with Gasteiger partial charge in [-0.2, -0.15) is 11.8 Å². The van der Waals surface area contributed by atoms with Gasteiger partial charge in [-0.25, -0.2) is 0 Å². The quantitative estimate of drug-likeness (QED) is 0.820. The number of para-hydroxylation sites is 1. The molecule has 0 bridgehead atoms. The molecule has 1 aromatic rings. The second-order valence-corrected chi connectivity index (χ2v) is 6.57. The summed E-state index contributed by atoms with van der Waals surface area (Å²) in [5, 5.41) is 4.33. The highest BCUT2D eigenvalue weighted by atomic mass is 32.2. The molecule has 0 fully saturated rings. The Labute approximate surface area is 121 Å². The number of nitrogens with one attached hydrogen (secondary N) is 1. The monoisotopic (exact) mass is 279 g/mol. The smallest absolute Gasteiger partial charge is 0.127 e. The molecule has 1 aliphatic heterocycles. The molecule has 0 aromatic heterocycles. The third-order valence-corrected chi connectivity index (χ3v) is 5.12. The molecule has 1 heterocycles. The van der Waals surface area contributed by atoms with Gasteiger partial charge >= 0.3 is 0 Å². The van der Waals surface area contributed by atoms with Crippen LogP contribution in [0.5, 0.6) is 5.75 Å². The van der Waals surface area contributed by atoms with Crippen LogP contribution in [0.25, 0.3) is 0 Å². The SMILES string of the molecule is CCNC(CSC(C)CC)c1cccc2c1OCC2. The Hall–Kier alpha value is -0.670. The molecule has 2 nitrogen and oxygen atoms in total. The van der Waals surface area contributed by atoms with Crippen LogP contribution in [0.2, 0.25) is 0 Å². The van der Waals surface area contributed by atoms with Crippen LogP contribution in [0, 0.1) is 0 Å². The van der Waals surface area contributed by atoms with Crippen LogP contribution < -0.4 is 10.1 Å². The first-order chi connectivity index (χ1) is 9.26. The Morgan fingerprint density at radius 3 is 2.95 bits per heavy atom. The predicted molar refractivity (Wildman–Crippen MR) is 84.3 cm³/mol. The fourth-order valence-electron chi connectivity index (χ4n) is 2.40. The van der Waals surface area contributed by atoms with E-state index in [1.165, 1.54) is 17.5 Å². The van der Waals surface area contributed by atoms with E-state index in [0.717, 1.165) is 36.3 Å². The van der Waals surface area contributed by atoms with Crippen molar-refractivity contribution in [3.05, 3.63) is 29.3 Å². The van der Waals surface area contributed by atoms with Gasteiger partial charge in [-0.15, -0.1) is 0 Å². The van der Waals surface area contributed by atoms with Crippen LogP contribution in [-0.2, 0) is 6.42 Å². The lowest BCUT2D eigenvalue weighted by Gasteiger charge is -2.21. The largest absolute Gasteiger partial charge is 0.493 e. The summed E-state index contributed by atoms with van der Waals surface area (Å²) in [6.45, 7) is 8.56. The maximum absolute atomic E-state index is 5.84. The molecule has 0 aliphatic carbocycles.